The number of hydrogen-bond donors (Lipinski definition) is 1. The van der Waals surface area contributed by atoms with Gasteiger partial charge in [0.1, 0.15) is 0 Å². The number of aliphatic imine (C=N–C) groups is 1. The van der Waals surface area contributed by atoms with Crippen molar-refractivity contribution in [3.63, 3.8) is 0 Å². The van der Waals surface area contributed by atoms with E-state index in [9.17, 15) is 13.2 Å². The Labute approximate surface area is 160 Å². The highest BCUT2D eigenvalue weighted by atomic mass is 127. The maximum Gasteiger partial charge on any atom is 0.401 e. The van der Waals surface area contributed by atoms with E-state index in [0.29, 0.717) is 19.6 Å². The first-order valence-corrected chi connectivity index (χ1v) is 8.34. The van der Waals surface area contributed by atoms with Gasteiger partial charge in [-0.1, -0.05) is 13.8 Å². The molecule has 0 aliphatic carbocycles. The summed E-state index contributed by atoms with van der Waals surface area (Å²) in [4.78, 5) is 8.26. The molecule has 0 radical (unpaired) electrons. The topological polar surface area (TPSA) is 30.9 Å². The van der Waals surface area contributed by atoms with E-state index in [2.05, 4.69) is 42.9 Å². The highest BCUT2D eigenvalue weighted by molar-refractivity contribution is 14.0. The summed E-state index contributed by atoms with van der Waals surface area (Å²) in [6, 6.07) is 0.0298. The standard InChI is InChI=1S/C16H29F3N4.HI/c1-6-20-13(23-10-14(2,3)15(23,4)5)21-12-7-8-22(9-12)11-16(17,18)19;/h12H,6-11H2,1-5H3,(H,20,21);1H. The summed E-state index contributed by atoms with van der Waals surface area (Å²) >= 11 is 0. The van der Waals surface area contributed by atoms with Crippen molar-refractivity contribution in [3.8, 4) is 0 Å². The molecule has 142 valence electrons. The Balaban J connectivity index is 0.00000288. The Kier molecular flexibility index (Phi) is 6.86. The van der Waals surface area contributed by atoms with Gasteiger partial charge in [-0.25, -0.2) is 0 Å². The fourth-order valence-corrected chi connectivity index (χ4v) is 3.29. The summed E-state index contributed by atoms with van der Waals surface area (Å²) in [7, 11) is 0. The van der Waals surface area contributed by atoms with Crippen LogP contribution >= 0.6 is 24.0 Å². The van der Waals surface area contributed by atoms with Gasteiger partial charge in [-0.2, -0.15) is 13.2 Å². The summed E-state index contributed by atoms with van der Waals surface area (Å²) in [6.45, 7) is 12.5. The van der Waals surface area contributed by atoms with Gasteiger partial charge in [0, 0.05) is 43.2 Å². The van der Waals surface area contributed by atoms with E-state index in [1.54, 1.807) is 0 Å². The third-order valence-corrected chi connectivity index (χ3v) is 5.46. The molecular formula is C16H30F3IN4. The number of halogens is 4. The minimum atomic E-state index is -4.13. The average Bonchev–Trinajstić information content (AvgIpc) is 2.80. The molecule has 2 saturated heterocycles. The summed E-state index contributed by atoms with van der Waals surface area (Å²) in [5.74, 6) is 0.829. The van der Waals surface area contributed by atoms with E-state index >= 15 is 0 Å². The number of guanidine groups is 1. The van der Waals surface area contributed by atoms with E-state index in [1.165, 1.54) is 4.90 Å². The van der Waals surface area contributed by atoms with Crippen LogP contribution in [0.2, 0.25) is 0 Å². The Bertz CT molecular complexity index is 463. The second kappa shape index (κ2) is 7.55. The lowest BCUT2D eigenvalue weighted by Crippen LogP contribution is -2.73. The fraction of sp³-hybridized carbons (Fsp3) is 0.938. The first-order chi connectivity index (χ1) is 10.5. The van der Waals surface area contributed by atoms with Gasteiger partial charge in [-0.15, -0.1) is 24.0 Å². The number of rotatable bonds is 3. The highest BCUT2D eigenvalue weighted by Crippen LogP contribution is 2.46. The minimum absolute atomic E-state index is 0. The lowest BCUT2D eigenvalue weighted by Gasteiger charge is -2.62. The Morgan fingerprint density at radius 2 is 1.88 bits per heavy atom. The third-order valence-electron chi connectivity index (χ3n) is 5.46. The number of likely N-dealkylation sites (tertiary alicyclic amines) is 2. The van der Waals surface area contributed by atoms with Gasteiger partial charge in [-0.05, 0) is 27.2 Å². The van der Waals surface area contributed by atoms with Crippen LogP contribution in [0.4, 0.5) is 13.2 Å². The fourth-order valence-electron chi connectivity index (χ4n) is 3.29. The normalized spacial score (nSPS) is 26.8. The van der Waals surface area contributed by atoms with Crippen molar-refractivity contribution < 1.29 is 13.2 Å². The molecule has 2 aliphatic rings. The highest BCUT2D eigenvalue weighted by Gasteiger charge is 2.54. The zero-order valence-electron chi connectivity index (χ0n) is 15.2. The van der Waals surface area contributed by atoms with Crippen molar-refractivity contribution >= 4 is 29.9 Å². The van der Waals surface area contributed by atoms with Gasteiger partial charge >= 0.3 is 6.18 Å². The molecule has 1 unspecified atom stereocenters. The predicted molar refractivity (Wildman–Crippen MR) is 102 cm³/mol. The first-order valence-electron chi connectivity index (χ1n) is 8.34. The summed E-state index contributed by atoms with van der Waals surface area (Å²) in [5, 5.41) is 3.39. The van der Waals surface area contributed by atoms with Gasteiger partial charge in [0.05, 0.1) is 6.54 Å². The molecular weight excluding hydrogens is 432 g/mol. The van der Waals surface area contributed by atoms with Gasteiger partial charge < -0.3 is 10.2 Å². The molecule has 2 fully saturated rings. The number of hydrogen-bond acceptors (Lipinski definition) is 2. The summed E-state index contributed by atoms with van der Waals surface area (Å²) in [6.07, 6.45) is -3.41. The molecule has 0 saturated carbocycles. The molecule has 2 aliphatic heterocycles. The SMILES string of the molecule is CCN=C(NC1CCN(CC(F)(F)F)C1)N1CC(C)(C)C1(C)C.I. The van der Waals surface area contributed by atoms with Crippen molar-refractivity contribution in [2.75, 3.05) is 32.7 Å². The number of alkyl halides is 3. The van der Waals surface area contributed by atoms with E-state index in [4.69, 9.17) is 0 Å². The minimum Gasteiger partial charge on any atom is -0.352 e. The van der Waals surface area contributed by atoms with Crippen LogP contribution < -0.4 is 5.32 Å². The van der Waals surface area contributed by atoms with E-state index in [1.807, 2.05) is 6.92 Å². The van der Waals surface area contributed by atoms with Crippen molar-refractivity contribution in [3.05, 3.63) is 0 Å². The molecule has 0 spiro atoms. The predicted octanol–water partition coefficient (Wildman–Crippen LogP) is 3.33. The van der Waals surface area contributed by atoms with Crippen LogP contribution in [-0.4, -0.2) is 66.2 Å². The zero-order valence-corrected chi connectivity index (χ0v) is 17.5. The molecule has 0 aromatic heterocycles. The molecule has 0 aromatic carbocycles. The average molecular weight is 462 g/mol. The maximum atomic E-state index is 12.5. The smallest absolute Gasteiger partial charge is 0.352 e. The van der Waals surface area contributed by atoms with E-state index in [0.717, 1.165) is 18.9 Å². The lowest BCUT2D eigenvalue weighted by molar-refractivity contribution is -0.143. The molecule has 0 bridgehead atoms. The van der Waals surface area contributed by atoms with Crippen molar-refractivity contribution in [2.24, 2.45) is 10.4 Å². The molecule has 0 aromatic rings. The Morgan fingerprint density at radius 3 is 2.33 bits per heavy atom. The van der Waals surface area contributed by atoms with E-state index in [-0.39, 0.29) is 41.0 Å². The molecule has 4 nitrogen and oxygen atoms in total. The monoisotopic (exact) mass is 462 g/mol. The first kappa shape index (κ1) is 21.8. The third kappa shape index (κ3) is 4.68. The van der Waals surface area contributed by atoms with Crippen LogP contribution in [-0.2, 0) is 0 Å². The zero-order chi connectivity index (χ0) is 17.5. The molecule has 8 heteroatoms. The Hall–Kier alpha value is -0.250. The molecule has 24 heavy (non-hydrogen) atoms. The van der Waals surface area contributed by atoms with Crippen molar-refractivity contribution in [1.82, 2.24) is 15.1 Å². The quantitative estimate of drug-likeness (QED) is 0.397. The largest absolute Gasteiger partial charge is 0.401 e. The van der Waals surface area contributed by atoms with Crippen LogP contribution in [0.5, 0.6) is 0 Å². The molecule has 2 rings (SSSR count). The lowest BCUT2D eigenvalue weighted by atomic mass is 9.65. The summed E-state index contributed by atoms with van der Waals surface area (Å²) in [5.41, 5.74) is 0.180. The number of nitrogens with zero attached hydrogens (tertiary/aromatic N) is 3. The Morgan fingerprint density at radius 1 is 1.25 bits per heavy atom. The van der Waals surface area contributed by atoms with Crippen LogP contribution in [0.25, 0.3) is 0 Å². The maximum absolute atomic E-state index is 12.5. The molecule has 2 heterocycles. The van der Waals surface area contributed by atoms with Gasteiger partial charge in [-0.3, -0.25) is 9.89 Å². The van der Waals surface area contributed by atoms with Gasteiger partial charge in [0.15, 0.2) is 5.96 Å². The van der Waals surface area contributed by atoms with Crippen LogP contribution in [0.1, 0.15) is 41.0 Å². The van der Waals surface area contributed by atoms with E-state index < -0.39 is 12.7 Å². The second-order valence-corrected chi connectivity index (χ2v) is 7.81. The number of nitrogens with one attached hydrogen (secondary N) is 1. The van der Waals surface area contributed by atoms with Gasteiger partial charge in [0.25, 0.3) is 0 Å². The van der Waals surface area contributed by atoms with Gasteiger partial charge in [0.2, 0.25) is 0 Å². The molecule has 0 amide bonds. The molecule has 1 N–H and O–H groups in total. The molecule has 1 atom stereocenters. The second-order valence-electron chi connectivity index (χ2n) is 7.81. The van der Waals surface area contributed by atoms with Crippen LogP contribution in [0.3, 0.4) is 0 Å². The van der Waals surface area contributed by atoms with Crippen molar-refractivity contribution in [2.45, 2.75) is 58.8 Å². The van der Waals surface area contributed by atoms with Crippen LogP contribution in [0, 0.1) is 5.41 Å². The van der Waals surface area contributed by atoms with Crippen molar-refractivity contribution in [1.29, 1.82) is 0 Å². The van der Waals surface area contributed by atoms with Crippen LogP contribution in [0.15, 0.2) is 4.99 Å². The summed E-state index contributed by atoms with van der Waals surface area (Å²) < 4.78 is 37.5.